The summed E-state index contributed by atoms with van der Waals surface area (Å²) >= 11 is 0. The molecular weight excluding hydrogens is 492 g/mol. The van der Waals surface area contributed by atoms with Crippen LogP contribution in [0.4, 0.5) is 10.5 Å². The summed E-state index contributed by atoms with van der Waals surface area (Å²) in [5.41, 5.74) is 2.96. The van der Waals surface area contributed by atoms with Gasteiger partial charge in [-0.1, -0.05) is 45.9 Å². The van der Waals surface area contributed by atoms with E-state index >= 15 is 0 Å². The molecule has 6 nitrogen and oxygen atoms in total. The molecule has 1 aromatic heterocycles. The predicted molar refractivity (Wildman–Crippen MR) is 160 cm³/mol. The second-order valence-corrected chi connectivity index (χ2v) is 17.1. The fourth-order valence-corrected chi connectivity index (χ4v) is 5.09. The zero-order valence-corrected chi connectivity index (χ0v) is 25.7. The highest BCUT2D eigenvalue weighted by Gasteiger charge is 2.39. The molecular formula is C31H44N2O4Si. The molecule has 0 spiro atoms. The SMILES string of the molecule is CC[C@H](COc1ccc2nc(-c3ccc(N(C)C(=O)OC(C)(C)C)cc3)ccc2c1)O[Si](C)(C)C(C)(C)C. The van der Waals surface area contributed by atoms with E-state index in [2.05, 4.69) is 46.9 Å². The van der Waals surface area contributed by atoms with E-state index in [1.807, 2.05) is 69.3 Å². The Hall–Kier alpha value is -2.90. The Balaban J connectivity index is 1.69. The minimum atomic E-state index is -1.85. The van der Waals surface area contributed by atoms with Gasteiger partial charge >= 0.3 is 6.09 Å². The van der Waals surface area contributed by atoms with Crippen molar-refractivity contribution in [3.63, 3.8) is 0 Å². The van der Waals surface area contributed by atoms with Gasteiger partial charge in [0.1, 0.15) is 18.0 Å². The van der Waals surface area contributed by atoms with Crippen molar-refractivity contribution in [3.05, 3.63) is 54.6 Å². The summed E-state index contributed by atoms with van der Waals surface area (Å²) in [7, 11) is -0.143. The summed E-state index contributed by atoms with van der Waals surface area (Å²) in [4.78, 5) is 18.7. The number of amides is 1. The van der Waals surface area contributed by atoms with E-state index in [1.54, 1.807) is 7.05 Å². The van der Waals surface area contributed by atoms with Crippen LogP contribution in [0, 0.1) is 0 Å². The third-order valence-electron chi connectivity index (χ3n) is 7.04. The van der Waals surface area contributed by atoms with E-state index in [0.29, 0.717) is 6.61 Å². The van der Waals surface area contributed by atoms with Gasteiger partial charge in [0.2, 0.25) is 0 Å². The van der Waals surface area contributed by atoms with Gasteiger partial charge in [-0.2, -0.15) is 0 Å². The monoisotopic (exact) mass is 536 g/mol. The van der Waals surface area contributed by atoms with Crippen LogP contribution in [-0.4, -0.2) is 44.8 Å². The third kappa shape index (κ3) is 7.57. The number of carbonyl (C=O) groups is 1. The number of ether oxygens (including phenoxy) is 2. The topological polar surface area (TPSA) is 60.9 Å². The smallest absolute Gasteiger partial charge is 0.414 e. The molecule has 1 atom stereocenters. The second kappa shape index (κ2) is 11.5. The van der Waals surface area contributed by atoms with E-state index in [9.17, 15) is 4.79 Å². The number of hydrogen-bond acceptors (Lipinski definition) is 5. The molecule has 38 heavy (non-hydrogen) atoms. The molecule has 7 heteroatoms. The van der Waals surface area contributed by atoms with Gasteiger partial charge in [-0.25, -0.2) is 9.78 Å². The van der Waals surface area contributed by atoms with E-state index in [4.69, 9.17) is 18.9 Å². The molecule has 1 amide bonds. The third-order valence-corrected chi connectivity index (χ3v) is 11.6. The van der Waals surface area contributed by atoms with Crippen molar-refractivity contribution < 1.29 is 18.7 Å². The largest absolute Gasteiger partial charge is 0.491 e. The number of carbonyl (C=O) groups excluding carboxylic acids is 1. The van der Waals surface area contributed by atoms with Crippen LogP contribution in [0.5, 0.6) is 5.75 Å². The number of benzene rings is 2. The molecule has 0 radical (unpaired) electrons. The Morgan fingerprint density at radius 2 is 1.63 bits per heavy atom. The summed E-state index contributed by atoms with van der Waals surface area (Å²) in [5, 5.41) is 1.19. The average Bonchev–Trinajstić information content (AvgIpc) is 2.84. The lowest BCUT2D eigenvalue weighted by molar-refractivity contribution is 0.0589. The van der Waals surface area contributed by atoms with E-state index in [1.165, 1.54) is 4.90 Å². The highest BCUT2D eigenvalue weighted by atomic mass is 28.4. The zero-order valence-electron chi connectivity index (χ0n) is 24.7. The first-order valence-electron chi connectivity index (χ1n) is 13.4. The molecule has 3 rings (SSSR count). The Morgan fingerprint density at radius 1 is 0.974 bits per heavy atom. The molecule has 0 aliphatic heterocycles. The number of aromatic nitrogens is 1. The second-order valence-electron chi connectivity index (χ2n) is 12.4. The minimum absolute atomic E-state index is 0.0735. The van der Waals surface area contributed by atoms with Crippen LogP contribution in [0.3, 0.4) is 0 Å². The first-order chi connectivity index (χ1) is 17.6. The Morgan fingerprint density at radius 3 is 2.21 bits per heavy atom. The summed E-state index contributed by atoms with van der Waals surface area (Å²) in [6.07, 6.45) is 0.602. The molecule has 0 N–H and O–H groups in total. The highest BCUT2D eigenvalue weighted by Crippen LogP contribution is 2.37. The van der Waals surface area contributed by atoms with Crippen molar-refractivity contribution in [3.8, 4) is 17.0 Å². The fraction of sp³-hybridized carbons (Fsp3) is 0.484. The summed E-state index contributed by atoms with van der Waals surface area (Å²) in [6, 6.07) is 17.8. The Labute approximate surface area is 229 Å². The number of nitrogens with zero attached hydrogens (tertiary/aromatic N) is 2. The molecule has 1 heterocycles. The fourth-order valence-electron chi connectivity index (χ4n) is 3.66. The van der Waals surface area contributed by atoms with Crippen LogP contribution < -0.4 is 9.64 Å². The van der Waals surface area contributed by atoms with Crippen LogP contribution in [0.1, 0.15) is 54.9 Å². The molecule has 0 saturated heterocycles. The van der Waals surface area contributed by atoms with Gasteiger partial charge in [-0.05, 0) is 81.7 Å². The molecule has 0 aliphatic carbocycles. The molecule has 3 aromatic rings. The first kappa shape index (κ1) is 29.6. The van der Waals surface area contributed by atoms with Crippen molar-refractivity contribution in [2.45, 2.75) is 84.7 Å². The van der Waals surface area contributed by atoms with Crippen molar-refractivity contribution in [1.29, 1.82) is 0 Å². The van der Waals surface area contributed by atoms with Crippen LogP contribution in [-0.2, 0) is 9.16 Å². The number of hydrogen-bond donors (Lipinski definition) is 0. The van der Waals surface area contributed by atoms with Crippen LogP contribution in [0.2, 0.25) is 18.1 Å². The Bertz CT molecular complexity index is 1240. The van der Waals surface area contributed by atoms with Crippen molar-refractivity contribution in [1.82, 2.24) is 4.98 Å². The lowest BCUT2D eigenvalue weighted by Crippen LogP contribution is -2.45. The van der Waals surface area contributed by atoms with Crippen molar-refractivity contribution >= 4 is 31.0 Å². The molecule has 0 aliphatic rings. The molecule has 0 unspecified atom stereocenters. The number of rotatable bonds is 8. The van der Waals surface area contributed by atoms with Gasteiger partial charge < -0.3 is 13.9 Å². The summed E-state index contributed by atoms with van der Waals surface area (Å²) in [5.74, 6) is 0.818. The number of fused-ring (bicyclic) bond motifs is 1. The highest BCUT2D eigenvalue weighted by molar-refractivity contribution is 6.74. The van der Waals surface area contributed by atoms with Crippen LogP contribution in [0.15, 0.2) is 54.6 Å². The average molecular weight is 537 g/mol. The molecule has 0 saturated carbocycles. The summed E-state index contributed by atoms with van der Waals surface area (Å²) in [6.45, 7) is 19.6. The van der Waals surface area contributed by atoms with Crippen molar-refractivity contribution in [2.24, 2.45) is 0 Å². The van der Waals surface area contributed by atoms with E-state index < -0.39 is 13.9 Å². The molecule has 2 aromatic carbocycles. The maximum absolute atomic E-state index is 12.4. The molecule has 206 valence electrons. The number of anilines is 1. The van der Waals surface area contributed by atoms with Gasteiger partial charge in [-0.3, -0.25) is 4.90 Å². The predicted octanol–water partition coefficient (Wildman–Crippen LogP) is 8.45. The van der Waals surface area contributed by atoms with E-state index in [-0.39, 0.29) is 17.2 Å². The van der Waals surface area contributed by atoms with Gasteiger partial charge in [-0.15, -0.1) is 0 Å². The van der Waals surface area contributed by atoms with Gasteiger partial charge in [0.15, 0.2) is 8.32 Å². The maximum Gasteiger partial charge on any atom is 0.414 e. The van der Waals surface area contributed by atoms with Gasteiger partial charge in [0.25, 0.3) is 0 Å². The lowest BCUT2D eigenvalue weighted by Gasteiger charge is -2.39. The summed E-state index contributed by atoms with van der Waals surface area (Å²) < 4.78 is 18.2. The molecule has 0 fully saturated rings. The number of pyridine rings is 1. The first-order valence-corrected chi connectivity index (χ1v) is 16.3. The van der Waals surface area contributed by atoms with Gasteiger partial charge in [0.05, 0.1) is 17.3 Å². The quantitative estimate of drug-likeness (QED) is 0.270. The standard InChI is InChI=1S/C31H44N2O4Si/c1-11-25(37-38(9,10)31(5,6)7)21-35-26-17-19-28-23(20-26)14-18-27(32-28)22-12-15-24(16-13-22)33(8)29(34)36-30(2,3)4/h12-20,25H,11,21H2,1-10H3/t25-/m1/s1. The minimum Gasteiger partial charge on any atom is -0.491 e. The normalized spacial score (nSPS) is 13.3. The lowest BCUT2D eigenvalue weighted by atomic mass is 10.1. The Kier molecular flexibility index (Phi) is 8.94. The van der Waals surface area contributed by atoms with Gasteiger partial charge in [0, 0.05) is 23.7 Å². The van der Waals surface area contributed by atoms with E-state index in [0.717, 1.165) is 40.0 Å². The van der Waals surface area contributed by atoms with Crippen LogP contribution >= 0.6 is 0 Å². The molecule has 0 bridgehead atoms. The maximum atomic E-state index is 12.4. The van der Waals surface area contributed by atoms with Crippen molar-refractivity contribution in [2.75, 3.05) is 18.6 Å². The van der Waals surface area contributed by atoms with Crippen LogP contribution in [0.25, 0.3) is 22.2 Å². The zero-order chi connectivity index (χ0) is 28.3.